The lowest BCUT2D eigenvalue weighted by atomic mass is 10.0. The number of aryl methyl sites for hydroxylation is 2. The van der Waals surface area contributed by atoms with Crippen LogP contribution in [0.25, 0.3) is 0 Å². The molecule has 0 radical (unpaired) electrons. The minimum atomic E-state index is 0.263. The van der Waals surface area contributed by atoms with Gasteiger partial charge in [0, 0.05) is 30.2 Å². The van der Waals surface area contributed by atoms with Gasteiger partial charge in [0.1, 0.15) is 0 Å². The fraction of sp³-hybridized carbons (Fsp3) is 0.429. The summed E-state index contributed by atoms with van der Waals surface area (Å²) in [6.07, 6.45) is 2.81. The number of hydrogen-bond donors (Lipinski definition) is 1. The predicted molar refractivity (Wildman–Crippen MR) is 80.0 cm³/mol. The summed E-state index contributed by atoms with van der Waals surface area (Å²) >= 11 is 3.60. The molecule has 0 saturated carbocycles. The van der Waals surface area contributed by atoms with Crippen molar-refractivity contribution in [1.82, 2.24) is 20.3 Å². The van der Waals surface area contributed by atoms with Crippen LogP contribution < -0.4 is 5.32 Å². The van der Waals surface area contributed by atoms with Crippen molar-refractivity contribution in [2.75, 3.05) is 6.54 Å². The Bertz CT molecular complexity index is 550. The number of aromatic nitrogens is 3. The molecule has 0 fully saturated rings. The van der Waals surface area contributed by atoms with Gasteiger partial charge in [-0.25, -0.2) is 0 Å². The lowest BCUT2D eigenvalue weighted by Gasteiger charge is -2.18. The molecule has 0 saturated heterocycles. The first-order chi connectivity index (χ1) is 9.10. The van der Waals surface area contributed by atoms with Crippen LogP contribution in [0.4, 0.5) is 0 Å². The molecule has 1 aromatic heterocycles. The summed E-state index contributed by atoms with van der Waals surface area (Å²) in [6, 6.07) is 6.75. The quantitative estimate of drug-likeness (QED) is 0.920. The number of hydrogen-bond acceptors (Lipinski definition) is 3. The van der Waals surface area contributed by atoms with Crippen LogP contribution in [0.2, 0.25) is 0 Å². The fourth-order valence-corrected chi connectivity index (χ4v) is 2.47. The van der Waals surface area contributed by atoms with E-state index in [1.165, 1.54) is 11.1 Å². The van der Waals surface area contributed by atoms with Crippen molar-refractivity contribution in [2.24, 2.45) is 7.05 Å². The zero-order valence-electron chi connectivity index (χ0n) is 11.5. The molecule has 19 heavy (non-hydrogen) atoms. The van der Waals surface area contributed by atoms with Gasteiger partial charge in [-0.3, -0.25) is 4.68 Å². The normalized spacial score (nSPS) is 12.6. The molecule has 5 heteroatoms. The van der Waals surface area contributed by atoms with Gasteiger partial charge in [-0.2, -0.15) is 0 Å². The van der Waals surface area contributed by atoms with Crippen LogP contribution in [0.15, 0.2) is 28.9 Å². The zero-order chi connectivity index (χ0) is 13.8. The molecule has 0 aliphatic heterocycles. The van der Waals surface area contributed by atoms with Crippen LogP contribution in [0.3, 0.4) is 0 Å². The highest BCUT2D eigenvalue weighted by molar-refractivity contribution is 9.10. The Balaban J connectivity index is 2.21. The van der Waals surface area contributed by atoms with Crippen LogP contribution in [0, 0.1) is 6.92 Å². The van der Waals surface area contributed by atoms with E-state index in [2.05, 4.69) is 63.6 Å². The van der Waals surface area contributed by atoms with Gasteiger partial charge in [-0.15, -0.1) is 5.10 Å². The van der Waals surface area contributed by atoms with Gasteiger partial charge in [-0.1, -0.05) is 40.2 Å². The molecule has 0 spiro atoms. The highest BCUT2D eigenvalue weighted by Gasteiger charge is 2.14. The van der Waals surface area contributed by atoms with Crippen molar-refractivity contribution in [3.05, 3.63) is 45.7 Å². The van der Waals surface area contributed by atoms with Crippen LogP contribution in [0.1, 0.15) is 29.8 Å². The molecule has 1 aromatic carbocycles. The molecule has 1 heterocycles. The average molecular weight is 323 g/mol. The van der Waals surface area contributed by atoms with Crippen molar-refractivity contribution < 1.29 is 0 Å². The smallest absolute Gasteiger partial charge is 0.0845 e. The third-order valence-electron chi connectivity index (χ3n) is 3.11. The van der Waals surface area contributed by atoms with E-state index in [9.17, 15) is 0 Å². The summed E-state index contributed by atoms with van der Waals surface area (Å²) < 4.78 is 2.88. The Morgan fingerprint density at radius 1 is 1.42 bits per heavy atom. The SMILES string of the molecule is CCNC(Cc1cn(C)nn1)c1ccc(C)c(Br)c1. The predicted octanol–water partition coefficient (Wildman–Crippen LogP) is 2.78. The molecule has 0 aliphatic carbocycles. The molecular formula is C14H19BrN4. The lowest BCUT2D eigenvalue weighted by Crippen LogP contribution is -2.23. The summed E-state index contributed by atoms with van der Waals surface area (Å²) in [5, 5.41) is 11.7. The van der Waals surface area contributed by atoms with Crippen molar-refractivity contribution in [3.63, 3.8) is 0 Å². The summed E-state index contributed by atoms with van der Waals surface area (Å²) in [4.78, 5) is 0. The minimum Gasteiger partial charge on any atom is -0.310 e. The van der Waals surface area contributed by atoms with E-state index in [1.807, 2.05) is 13.2 Å². The fourth-order valence-electron chi connectivity index (χ4n) is 2.08. The first-order valence-electron chi connectivity index (χ1n) is 6.44. The first-order valence-corrected chi connectivity index (χ1v) is 7.24. The van der Waals surface area contributed by atoms with E-state index < -0.39 is 0 Å². The van der Waals surface area contributed by atoms with Crippen LogP contribution in [-0.2, 0) is 13.5 Å². The second-order valence-corrected chi connectivity index (χ2v) is 5.56. The van der Waals surface area contributed by atoms with Crippen LogP contribution >= 0.6 is 15.9 Å². The van der Waals surface area contributed by atoms with E-state index in [-0.39, 0.29) is 6.04 Å². The number of nitrogens with zero attached hydrogens (tertiary/aromatic N) is 3. The highest BCUT2D eigenvalue weighted by atomic mass is 79.9. The second kappa shape index (κ2) is 6.30. The van der Waals surface area contributed by atoms with Crippen molar-refractivity contribution >= 4 is 15.9 Å². The molecule has 4 nitrogen and oxygen atoms in total. The van der Waals surface area contributed by atoms with Gasteiger partial charge >= 0.3 is 0 Å². The number of benzene rings is 1. The van der Waals surface area contributed by atoms with Gasteiger partial charge in [0.05, 0.1) is 5.69 Å². The standard InChI is InChI=1S/C14H19BrN4/c1-4-16-14(8-12-9-19(3)18-17-12)11-6-5-10(2)13(15)7-11/h5-7,9,14,16H,4,8H2,1-3H3. The maximum absolute atomic E-state index is 4.16. The summed E-state index contributed by atoms with van der Waals surface area (Å²) in [5.41, 5.74) is 3.52. The van der Waals surface area contributed by atoms with E-state index in [1.54, 1.807) is 4.68 Å². The molecule has 0 aliphatic rings. The zero-order valence-corrected chi connectivity index (χ0v) is 13.1. The topological polar surface area (TPSA) is 42.7 Å². The summed E-state index contributed by atoms with van der Waals surface area (Å²) in [5.74, 6) is 0. The monoisotopic (exact) mass is 322 g/mol. The number of nitrogens with one attached hydrogen (secondary N) is 1. The maximum atomic E-state index is 4.16. The Kier molecular flexibility index (Phi) is 4.71. The van der Waals surface area contributed by atoms with E-state index in [0.717, 1.165) is 23.1 Å². The summed E-state index contributed by atoms with van der Waals surface area (Å²) in [7, 11) is 1.89. The Labute approximate surface area is 122 Å². The minimum absolute atomic E-state index is 0.263. The molecular weight excluding hydrogens is 304 g/mol. The van der Waals surface area contributed by atoms with Crippen LogP contribution in [-0.4, -0.2) is 21.5 Å². The molecule has 0 amide bonds. The molecule has 1 atom stereocenters. The molecule has 2 aromatic rings. The molecule has 2 rings (SSSR count). The third-order valence-corrected chi connectivity index (χ3v) is 3.97. The van der Waals surface area contributed by atoms with Gasteiger partial charge in [0.2, 0.25) is 0 Å². The molecule has 1 unspecified atom stereocenters. The van der Waals surface area contributed by atoms with Gasteiger partial charge in [-0.05, 0) is 30.7 Å². The van der Waals surface area contributed by atoms with Crippen molar-refractivity contribution in [3.8, 4) is 0 Å². The van der Waals surface area contributed by atoms with Crippen molar-refractivity contribution in [2.45, 2.75) is 26.3 Å². The van der Waals surface area contributed by atoms with E-state index >= 15 is 0 Å². The molecule has 102 valence electrons. The lowest BCUT2D eigenvalue weighted by molar-refractivity contribution is 0.543. The van der Waals surface area contributed by atoms with Gasteiger partial charge in [0.25, 0.3) is 0 Å². The van der Waals surface area contributed by atoms with E-state index in [4.69, 9.17) is 0 Å². The maximum Gasteiger partial charge on any atom is 0.0845 e. The highest BCUT2D eigenvalue weighted by Crippen LogP contribution is 2.23. The number of halogens is 1. The first kappa shape index (κ1) is 14.2. The Hall–Kier alpha value is -1.20. The third kappa shape index (κ3) is 3.64. The number of rotatable bonds is 5. The Morgan fingerprint density at radius 3 is 2.79 bits per heavy atom. The van der Waals surface area contributed by atoms with Crippen molar-refractivity contribution in [1.29, 1.82) is 0 Å². The van der Waals surface area contributed by atoms with Gasteiger partial charge < -0.3 is 5.32 Å². The molecule has 1 N–H and O–H groups in total. The average Bonchev–Trinajstić information content (AvgIpc) is 2.78. The Morgan fingerprint density at radius 2 is 2.21 bits per heavy atom. The summed E-state index contributed by atoms with van der Waals surface area (Å²) in [6.45, 7) is 5.14. The van der Waals surface area contributed by atoms with E-state index in [0.29, 0.717) is 0 Å². The molecule has 0 bridgehead atoms. The van der Waals surface area contributed by atoms with Gasteiger partial charge in [0.15, 0.2) is 0 Å². The second-order valence-electron chi connectivity index (χ2n) is 4.71. The van der Waals surface area contributed by atoms with Crippen LogP contribution in [0.5, 0.6) is 0 Å². The number of likely N-dealkylation sites (N-methyl/N-ethyl adjacent to an activating group) is 1. The largest absolute Gasteiger partial charge is 0.310 e.